The maximum absolute atomic E-state index is 12.8. The lowest BCUT2D eigenvalue weighted by Crippen LogP contribution is -2.07. The van der Waals surface area contributed by atoms with Crippen LogP contribution in [0.4, 0.5) is 13.2 Å². The third-order valence-corrected chi connectivity index (χ3v) is 2.71. The zero-order chi connectivity index (χ0) is 15.3. The number of hydrogen-bond donors (Lipinski definition) is 1. The number of rotatable bonds is 5. The first kappa shape index (κ1) is 15.2. The second-order valence-corrected chi connectivity index (χ2v) is 4.32. The molecule has 112 valence electrons. The van der Waals surface area contributed by atoms with Gasteiger partial charge in [0.2, 0.25) is 0 Å². The molecule has 0 fully saturated rings. The largest absolute Gasteiger partial charge is 0.453 e. The van der Waals surface area contributed by atoms with Gasteiger partial charge in [0.05, 0.1) is 18.0 Å². The fourth-order valence-corrected chi connectivity index (χ4v) is 1.70. The molecule has 0 unspecified atom stereocenters. The van der Waals surface area contributed by atoms with Gasteiger partial charge in [-0.15, -0.1) is 0 Å². The lowest BCUT2D eigenvalue weighted by molar-refractivity contribution is -0.138. The van der Waals surface area contributed by atoms with Gasteiger partial charge in [-0.2, -0.15) is 13.2 Å². The van der Waals surface area contributed by atoms with Crippen molar-refractivity contribution in [3.8, 4) is 11.5 Å². The lowest BCUT2D eigenvalue weighted by atomic mass is 10.2. The van der Waals surface area contributed by atoms with Gasteiger partial charge in [-0.05, 0) is 25.1 Å². The smallest absolute Gasteiger partial charge is 0.419 e. The number of alkyl halides is 3. The molecular formula is C14H14F3N3O. The van der Waals surface area contributed by atoms with E-state index in [0.717, 1.165) is 12.5 Å². The lowest BCUT2D eigenvalue weighted by Gasteiger charge is -2.13. The molecule has 4 nitrogen and oxygen atoms in total. The fraction of sp³-hybridized carbons (Fsp3) is 0.286. The second kappa shape index (κ2) is 6.53. The number of halogens is 3. The molecule has 0 saturated carbocycles. The van der Waals surface area contributed by atoms with Gasteiger partial charge in [0.15, 0.2) is 5.75 Å². The number of aromatic nitrogens is 2. The molecule has 1 heterocycles. The Hall–Kier alpha value is -2.15. The third kappa shape index (κ3) is 4.16. The number of para-hydroxylation sites is 1. The zero-order valence-corrected chi connectivity index (χ0v) is 11.1. The van der Waals surface area contributed by atoms with E-state index in [1.807, 2.05) is 0 Å². The topological polar surface area (TPSA) is 61.0 Å². The standard InChI is InChI=1S/C14H14F3N3O/c15-14(16,17)11-4-1-2-5-12(11)21-10-8-19-13(20-9-10)6-3-7-18/h1-2,4-5,8-9H,3,6-7,18H2. The molecule has 2 rings (SSSR count). The van der Waals surface area contributed by atoms with Crippen LogP contribution in [0.5, 0.6) is 11.5 Å². The van der Waals surface area contributed by atoms with Crippen LogP contribution in [0.25, 0.3) is 0 Å². The van der Waals surface area contributed by atoms with Crippen LogP contribution in [0.15, 0.2) is 36.7 Å². The Labute approximate surface area is 119 Å². The molecule has 0 aliphatic carbocycles. The van der Waals surface area contributed by atoms with Gasteiger partial charge in [0.25, 0.3) is 0 Å². The Bertz CT molecular complexity index is 585. The highest BCUT2D eigenvalue weighted by Crippen LogP contribution is 2.37. The maximum Gasteiger partial charge on any atom is 0.419 e. The Morgan fingerprint density at radius 2 is 1.76 bits per heavy atom. The summed E-state index contributed by atoms with van der Waals surface area (Å²) in [6.45, 7) is 0.528. The van der Waals surface area contributed by atoms with Crippen LogP contribution in [0.3, 0.4) is 0 Å². The molecule has 0 atom stereocenters. The highest BCUT2D eigenvalue weighted by atomic mass is 19.4. The van der Waals surface area contributed by atoms with Crippen LogP contribution in [-0.2, 0) is 12.6 Å². The average molecular weight is 297 g/mol. The van der Waals surface area contributed by atoms with Crippen molar-refractivity contribution in [1.82, 2.24) is 9.97 Å². The number of hydrogen-bond acceptors (Lipinski definition) is 4. The van der Waals surface area contributed by atoms with Crippen LogP contribution >= 0.6 is 0 Å². The predicted octanol–water partition coefficient (Wildman–Crippen LogP) is 3.18. The van der Waals surface area contributed by atoms with E-state index >= 15 is 0 Å². The summed E-state index contributed by atoms with van der Waals surface area (Å²) in [5.41, 5.74) is 4.54. The van der Waals surface area contributed by atoms with E-state index in [2.05, 4.69) is 9.97 Å². The Balaban J connectivity index is 2.15. The predicted molar refractivity (Wildman–Crippen MR) is 70.9 cm³/mol. The minimum Gasteiger partial charge on any atom is -0.453 e. The number of ether oxygens (including phenoxy) is 1. The van der Waals surface area contributed by atoms with Gasteiger partial charge < -0.3 is 10.5 Å². The van der Waals surface area contributed by atoms with Crippen molar-refractivity contribution >= 4 is 0 Å². The molecule has 0 spiro atoms. The summed E-state index contributed by atoms with van der Waals surface area (Å²) in [6, 6.07) is 5.00. The summed E-state index contributed by atoms with van der Waals surface area (Å²) < 4.78 is 43.7. The quantitative estimate of drug-likeness (QED) is 0.920. The zero-order valence-electron chi connectivity index (χ0n) is 11.1. The highest BCUT2D eigenvalue weighted by molar-refractivity contribution is 5.38. The van der Waals surface area contributed by atoms with E-state index in [4.69, 9.17) is 10.5 Å². The first-order valence-corrected chi connectivity index (χ1v) is 6.36. The molecular weight excluding hydrogens is 283 g/mol. The second-order valence-electron chi connectivity index (χ2n) is 4.32. The minimum atomic E-state index is -4.47. The van der Waals surface area contributed by atoms with Crippen LogP contribution in [0, 0.1) is 0 Å². The van der Waals surface area contributed by atoms with Crippen LogP contribution in [0.1, 0.15) is 17.8 Å². The Morgan fingerprint density at radius 1 is 1.10 bits per heavy atom. The Kier molecular flexibility index (Phi) is 4.74. The van der Waals surface area contributed by atoms with Crippen molar-refractivity contribution in [3.63, 3.8) is 0 Å². The van der Waals surface area contributed by atoms with E-state index in [-0.39, 0.29) is 11.5 Å². The summed E-state index contributed by atoms with van der Waals surface area (Å²) in [7, 11) is 0. The van der Waals surface area contributed by atoms with Crippen molar-refractivity contribution in [1.29, 1.82) is 0 Å². The molecule has 0 bridgehead atoms. The average Bonchev–Trinajstić information content (AvgIpc) is 2.46. The normalized spacial score (nSPS) is 11.4. The maximum atomic E-state index is 12.8. The SMILES string of the molecule is NCCCc1ncc(Oc2ccccc2C(F)(F)F)cn1. The molecule has 0 aliphatic heterocycles. The van der Waals surface area contributed by atoms with E-state index in [1.165, 1.54) is 30.6 Å². The molecule has 0 saturated heterocycles. The molecule has 1 aromatic heterocycles. The number of nitrogens with zero attached hydrogens (tertiary/aromatic N) is 2. The van der Waals surface area contributed by atoms with E-state index < -0.39 is 11.7 Å². The van der Waals surface area contributed by atoms with Crippen LogP contribution < -0.4 is 10.5 Å². The van der Waals surface area contributed by atoms with Gasteiger partial charge in [-0.3, -0.25) is 0 Å². The summed E-state index contributed by atoms with van der Waals surface area (Å²) in [4.78, 5) is 8.06. The van der Waals surface area contributed by atoms with Gasteiger partial charge >= 0.3 is 6.18 Å². The highest BCUT2D eigenvalue weighted by Gasteiger charge is 2.34. The van der Waals surface area contributed by atoms with Crippen molar-refractivity contribution in [2.75, 3.05) is 6.54 Å². The molecule has 0 radical (unpaired) electrons. The first-order valence-electron chi connectivity index (χ1n) is 6.36. The molecule has 2 aromatic rings. The van der Waals surface area contributed by atoms with E-state index in [9.17, 15) is 13.2 Å². The van der Waals surface area contributed by atoms with Crippen molar-refractivity contribution in [3.05, 3.63) is 48.0 Å². The molecule has 1 aromatic carbocycles. The summed E-state index contributed by atoms with van der Waals surface area (Å²) in [5, 5.41) is 0. The Morgan fingerprint density at radius 3 is 2.38 bits per heavy atom. The van der Waals surface area contributed by atoms with Crippen molar-refractivity contribution < 1.29 is 17.9 Å². The van der Waals surface area contributed by atoms with Gasteiger partial charge in [-0.1, -0.05) is 12.1 Å². The third-order valence-electron chi connectivity index (χ3n) is 2.71. The minimum absolute atomic E-state index is 0.156. The van der Waals surface area contributed by atoms with Gasteiger partial charge in [0.1, 0.15) is 11.6 Å². The monoisotopic (exact) mass is 297 g/mol. The molecule has 2 N–H and O–H groups in total. The van der Waals surface area contributed by atoms with Crippen LogP contribution in [0.2, 0.25) is 0 Å². The summed E-state index contributed by atoms with van der Waals surface area (Å²) >= 11 is 0. The van der Waals surface area contributed by atoms with Crippen LogP contribution in [-0.4, -0.2) is 16.5 Å². The fourth-order valence-electron chi connectivity index (χ4n) is 1.70. The molecule has 0 aliphatic rings. The number of nitrogens with two attached hydrogens (primary N) is 1. The van der Waals surface area contributed by atoms with E-state index in [0.29, 0.717) is 18.8 Å². The summed E-state index contributed by atoms with van der Waals surface area (Å²) in [5.74, 6) is 0.461. The first-order chi connectivity index (χ1) is 10.0. The van der Waals surface area contributed by atoms with Gasteiger partial charge in [0, 0.05) is 6.42 Å². The summed E-state index contributed by atoms with van der Waals surface area (Å²) in [6.07, 6.45) is -0.399. The van der Waals surface area contributed by atoms with E-state index in [1.54, 1.807) is 0 Å². The van der Waals surface area contributed by atoms with Crippen molar-refractivity contribution in [2.24, 2.45) is 5.73 Å². The van der Waals surface area contributed by atoms with Crippen molar-refractivity contribution in [2.45, 2.75) is 19.0 Å². The molecule has 7 heteroatoms. The molecule has 21 heavy (non-hydrogen) atoms. The molecule has 0 amide bonds. The number of aryl methyl sites for hydroxylation is 1. The number of benzene rings is 1. The van der Waals surface area contributed by atoms with Gasteiger partial charge in [-0.25, -0.2) is 9.97 Å².